The molecule has 0 heterocycles. The zero-order chi connectivity index (χ0) is 9.47. The van der Waals surface area contributed by atoms with E-state index in [0.717, 1.165) is 24.8 Å². The Kier molecular flexibility index (Phi) is 3.17. The van der Waals surface area contributed by atoms with Crippen LogP contribution >= 0.6 is 12.4 Å². The molecule has 0 saturated heterocycles. The van der Waals surface area contributed by atoms with Crippen molar-refractivity contribution in [2.24, 2.45) is 5.73 Å². The van der Waals surface area contributed by atoms with E-state index in [0.29, 0.717) is 0 Å². The molecule has 2 rings (SSSR count). The molecular weight excluding hydrogens is 201 g/mol. The van der Waals surface area contributed by atoms with Gasteiger partial charge in [-0.3, -0.25) is 0 Å². The molecule has 14 heavy (non-hydrogen) atoms. The van der Waals surface area contributed by atoms with Gasteiger partial charge in [-0.2, -0.15) is 0 Å². The molecular formula is C11H15ClFN. The first-order chi connectivity index (χ1) is 6.09. The summed E-state index contributed by atoms with van der Waals surface area (Å²) in [6.07, 6.45) is 3.09. The van der Waals surface area contributed by atoms with Crippen LogP contribution in [0.1, 0.15) is 24.0 Å². The lowest BCUT2D eigenvalue weighted by Gasteiger charge is -2.10. The molecule has 0 unspecified atom stereocenters. The third kappa shape index (κ3) is 2.46. The standard InChI is InChI=1S/C11H14FN.ClH/c1-8-6-10(12)3-2-9(8)7-11(13)4-5-11;/h2-3,6H,4-5,7,13H2,1H3;1H. The second-order valence-electron chi connectivity index (χ2n) is 4.11. The highest BCUT2D eigenvalue weighted by Gasteiger charge is 2.38. The topological polar surface area (TPSA) is 26.0 Å². The lowest BCUT2D eigenvalue weighted by atomic mass is 10.0. The summed E-state index contributed by atoms with van der Waals surface area (Å²) in [5, 5.41) is 0. The van der Waals surface area contributed by atoms with Gasteiger partial charge in [-0.15, -0.1) is 12.4 Å². The molecule has 1 aromatic rings. The third-order valence-electron chi connectivity index (χ3n) is 2.74. The Hall–Kier alpha value is -0.600. The van der Waals surface area contributed by atoms with Crippen LogP contribution in [0, 0.1) is 12.7 Å². The Morgan fingerprint density at radius 2 is 2.07 bits per heavy atom. The van der Waals surface area contributed by atoms with Crippen molar-refractivity contribution in [2.45, 2.75) is 31.7 Å². The summed E-state index contributed by atoms with van der Waals surface area (Å²) in [6.45, 7) is 1.93. The van der Waals surface area contributed by atoms with Gasteiger partial charge in [0.05, 0.1) is 0 Å². The second-order valence-corrected chi connectivity index (χ2v) is 4.11. The molecule has 2 N–H and O–H groups in total. The Labute approximate surface area is 89.9 Å². The van der Waals surface area contributed by atoms with E-state index >= 15 is 0 Å². The van der Waals surface area contributed by atoms with Gasteiger partial charge >= 0.3 is 0 Å². The van der Waals surface area contributed by atoms with Crippen molar-refractivity contribution in [3.05, 3.63) is 35.1 Å². The molecule has 1 fully saturated rings. The molecule has 0 aliphatic heterocycles. The molecule has 1 aliphatic rings. The van der Waals surface area contributed by atoms with E-state index in [4.69, 9.17) is 5.73 Å². The molecule has 1 nitrogen and oxygen atoms in total. The fraction of sp³-hybridized carbons (Fsp3) is 0.455. The van der Waals surface area contributed by atoms with Crippen molar-refractivity contribution in [2.75, 3.05) is 0 Å². The number of benzene rings is 1. The van der Waals surface area contributed by atoms with E-state index in [1.807, 2.05) is 13.0 Å². The van der Waals surface area contributed by atoms with Gasteiger partial charge < -0.3 is 5.73 Å². The molecule has 0 amide bonds. The molecule has 0 radical (unpaired) electrons. The first-order valence-electron chi connectivity index (χ1n) is 4.63. The number of aryl methyl sites for hydroxylation is 1. The molecule has 1 aliphatic carbocycles. The van der Waals surface area contributed by atoms with Crippen LogP contribution in [0.5, 0.6) is 0 Å². The van der Waals surface area contributed by atoms with Gasteiger partial charge in [-0.25, -0.2) is 4.39 Å². The van der Waals surface area contributed by atoms with E-state index in [9.17, 15) is 4.39 Å². The number of rotatable bonds is 2. The molecule has 3 heteroatoms. The van der Waals surface area contributed by atoms with Crippen LogP contribution in [0.3, 0.4) is 0 Å². The summed E-state index contributed by atoms with van der Waals surface area (Å²) < 4.78 is 12.8. The smallest absolute Gasteiger partial charge is 0.123 e. The minimum absolute atomic E-state index is 0. The quantitative estimate of drug-likeness (QED) is 0.807. The predicted octanol–water partition coefficient (Wildman–Crippen LogP) is 2.59. The Morgan fingerprint density at radius 1 is 1.43 bits per heavy atom. The van der Waals surface area contributed by atoms with Crippen LogP contribution < -0.4 is 5.73 Å². The highest BCUT2D eigenvalue weighted by molar-refractivity contribution is 5.85. The fourth-order valence-corrected chi connectivity index (χ4v) is 1.57. The molecule has 0 spiro atoms. The zero-order valence-corrected chi connectivity index (χ0v) is 9.03. The Bertz CT molecular complexity index is 334. The van der Waals surface area contributed by atoms with Crippen molar-refractivity contribution >= 4 is 12.4 Å². The van der Waals surface area contributed by atoms with Crippen LogP contribution in [-0.4, -0.2) is 5.54 Å². The van der Waals surface area contributed by atoms with E-state index in [1.165, 1.54) is 11.6 Å². The van der Waals surface area contributed by atoms with Gasteiger partial charge in [0, 0.05) is 5.54 Å². The van der Waals surface area contributed by atoms with Gasteiger partial charge in [-0.05, 0) is 49.4 Å². The number of nitrogens with two attached hydrogens (primary N) is 1. The van der Waals surface area contributed by atoms with Crippen molar-refractivity contribution < 1.29 is 4.39 Å². The Balaban J connectivity index is 0.000000980. The lowest BCUT2D eigenvalue weighted by molar-refractivity contribution is 0.621. The minimum Gasteiger partial charge on any atom is -0.325 e. The zero-order valence-electron chi connectivity index (χ0n) is 8.22. The SMILES string of the molecule is Cc1cc(F)ccc1CC1(N)CC1.Cl. The molecule has 78 valence electrons. The third-order valence-corrected chi connectivity index (χ3v) is 2.74. The lowest BCUT2D eigenvalue weighted by Crippen LogP contribution is -2.24. The van der Waals surface area contributed by atoms with Gasteiger partial charge in [0.25, 0.3) is 0 Å². The fourth-order valence-electron chi connectivity index (χ4n) is 1.57. The monoisotopic (exact) mass is 215 g/mol. The van der Waals surface area contributed by atoms with Crippen LogP contribution in [0.15, 0.2) is 18.2 Å². The molecule has 1 saturated carbocycles. The summed E-state index contributed by atoms with van der Waals surface area (Å²) in [7, 11) is 0. The van der Waals surface area contributed by atoms with Crippen LogP contribution in [0.25, 0.3) is 0 Å². The second kappa shape index (κ2) is 3.87. The largest absolute Gasteiger partial charge is 0.325 e. The molecule has 0 bridgehead atoms. The van der Waals surface area contributed by atoms with Gasteiger partial charge in [0.15, 0.2) is 0 Å². The summed E-state index contributed by atoms with van der Waals surface area (Å²) in [4.78, 5) is 0. The van der Waals surface area contributed by atoms with Gasteiger partial charge in [-0.1, -0.05) is 6.07 Å². The summed E-state index contributed by atoms with van der Waals surface area (Å²) in [5.74, 6) is -0.164. The van der Waals surface area contributed by atoms with Crippen molar-refractivity contribution in [3.63, 3.8) is 0 Å². The summed E-state index contributed by atoms with van der Waals surface area (Å²) in [5.41, 5.74) is 8.20. The van der Waals surface area contributed by atoms with Crippen molar-refractivity contribution in [1.82, 2.24) is 0 Å². The molecule has 0 aromatic heterocycles. The summed E-state index contributed by atoms with van der Waals surface area (Å²) >= 11 is 0. The maximum absolute atomic E-state index is 12.8. The average Bonchev–Trinajstić information content (AvgIpc) is 2.75. The van der Waals surface area contributed by atoms with E-state index < -0.39 is 0 Å². The van der Waals surface area contributed by atoms with E-state index in [-0.39, 0.29) is 23.8 Å². The predicted molar refractivity (Wildman–Crippen MR) is 58.2 cm³/mol. The maximum atomic E-state index is 12.8. The van der Waals surface area contributed by atoms with Gasteiger partial charge in [0.2, 0.25) is 0 Å². The molecule has 0 atom stereocenters. The van der Waals surface area contributed by atoms with Crippen LogP contribution in [0.2, 0.25) is 0 Å². The maximum Gasteiger partial charge on any atom is 0.123 e. The number of hydrogen-bond acceptors (Lipinski definition) is 1. The average molecular weight is 216 g/mol. The normalized spacial score (nSPS) is 17.4. The first-order valence-corrected chi connectivity index (χ1v) is 4.63. The van der Waals surface area contributed by atoms with E-state index in [2.05, 4.69) is 0 Å². The number of hydrogen-bond donors (Lipinski definition) is 1. The Morgan fingerprint density at radius 3 is 2.57 bits per heavy atom. The highest BCUT2D eigenvalue weighted by Crippen LogP contribution is 2.36. The number of halogens is 2. The first kappa shape index (κ1) is 11.5. The van der Waals surface area contributed by atoms with Crippen LogP contribution in [0.4, 0.5) is 4.39 Å². The minimum atomic E-state index is -0.164. The summed E-state index contributed by atoms with van der Waals surface area (Å²) in [6, 6.07) is 4.92. The van der Waals surface area contributed by atoms with Crippen LogP contribution in [-0.2, 0) is 6.42 Å². The van der Waals surface area contributed by atoms with E-state index in [1.54, 1.807) is 6.07 Å². The molecule has 1 aromatic carbocycles. The van der Waals surface area contributed by atoms with Crippen molar-refractivity contribution in [1.29, 1.82) is 0 Å². The van der Waals surface area contributed by atoms with Crippen molar-refractivity contribution in [3.8, 4) is 0 Å². The van der Waals surface area contributed by atoms with Gasteiger partial charge in [0.1, 0.15) is 5.82 Å². The highest BCUT2D eigenvalue weighted by atomic mass is 35.5.